The fourth-order valence-corrected chi connectivity index (χ4v) is 3.86. The highest BCUT2D eigenvalue weighted by atomic mass is 79.9. The molecule has 1 unspecified atom stereocenters. The van der Waals surface area contributed by atoms with Gasteiger partial charge in [0.25, 0.3) is 0 Å². The van der Waals surface area contributed by atoms with Gasteiger partial charge in [-0.2, -0.15) is 0 Å². The van der Waals surface area contributed by atoms with Gasteiger partial charge in [-0.05, 0) is 42.3 Å². The molecule has 1 aromatic carbocycles. The van der Waals surface area contributed by atoms with Crippen molar-refractivity contribution in [1.29, 1.82) is 0 Å². The van der Waals surface area contributed by atoms with E-state index in [-0.39, 0.29) is 0 Å². The summed E-state index contributed by atoms with van der Waals surface area (Å²) in [7, 11) is 0. The lowest BCUT2D eigenvalue weighted by Gasteiger charge is -2.19. The first-order valence-corrected chi connectivity index (χ1v) is 8.46. The summed E-state index contributed by atoms with van der Waals surface area (Å²) in [5, 5.41) is 3.39. The molecule has 1 saturated heterocycles. The number of alkyl halides is 1. The van der Waals surface area contributed by atoms with E-state index < -0.39 is 0 Å². The van der Waals surface area contributed by atoms with Crippen LogP contribution < -0.4 is 14.4 Å². The van der Waals surface area contributed by atoms with Crippen molar-refractivity contribution in [2.45, 2.75) is 12.8 Å². The second-order valence-corrected chi connectivity index (χ2v) is 6.43. The van der Waals surface area contributed by atoms with Crippen molar-refractivity contribution in [3.8, 4) is 11.5 Å². The van der Waals surface area contributed by atoms with Gasteiger partial charge in [-0.15, -0.1) is 0 Å². The SMILES string of the molecule is BrCCC1CCN(c2nccc3cc4c(cc23)OCO4)C1. The molecule has 3 heterocycles. The molecule has 2 aliphatic heterocycles. The van der Waals surface area contributed by atoms with Gasteiger partial charge in [0.1, 0.15) is 5.82 Å². The smallest absolute Gasteiger partial charge is 0.231 e. The third kappa shape index (κ3) is 2.33. The van der Waals surface area contributed by atoms with Crippen molar-refractivity contribution in [3.05, 3.63) is 24.4 Å². The molecule has 110 valence electrons. The number of nitrogens with zero attached hydrogens (tertiary/aromatic N) is 2. The summed E-state index contributed by atoms with van der Waals surface area (Å²) in [6.45, 7) is 2.48. The monoisotopic (exact) mass is 348 g/mol. The van der Waals surface area contributed by atoms with Crippen LogP contribution in [0, 0.1) is 5.92 Å². The van der Waals surface area contributed by atoms with E-state index in [9.17, 15) is 0 Å². The van der Waals surface area contributed by atoms with E-state index in [1.165, 1.54) is 12.8 Å². The predicted molar refractivity (Wildman–Crippen MR) is 86.6 cm³/mol. The van der Waals surface area contributed by atoms with Crippen molar-refractivity contribution in [2.75, 3.05) is 30.1 Å². The zero-order valence-electron chi connectivity index (χ0n) is 11.7. The summed E-state index contributed by atoms with van der Waals surface area (Å²) in [4.78, 5) is 7.03. The lowest BCUT2D eigenvalue weighted by molar-refractivity contribution is 0.174. The summed E-state index contributed by atoms with van der Waals surface area (Å²) >= 11 is 3.54. The third-order valence-electron chi connectivity index (χ3n) is 4.34. The van der Waals surface area contributed by atoms with Gasteiger partial charge in [0.15, 0.2) is 11.5 Å². The van der Waals surface area contributed by atoms with E-state index in [2.05, 4.69) is 37.9 Å². The Bertz CT molecular complexity index is 677. The Balaban J connectivity index is 1.72. The average molecular weight is 349 g/mol. The van der Waals surface area contributed by atoms with E-state index in [1.807, 2.05) is 12.3 Å². The van der Waals surface area contributed by atoms with Crippen LogP contribution in [0.4, 0.5) is 5.82 Å². The number of benzene rings is 1. The first kappa shape index (κ1) is 13.2. The van der Waals surface area contributed by atoms with Gasteiger partial charge in [0.05, 0.1) is 0 Å². The van der Waals surface area contributed by atoms with Crippen molar-refractivity contribution < 1.29 is 9.47 Å². The average Bonchev–Trinajstić information content (AvgIpc) is 3.13. The van der Waals surface area contributed by atoms with Crippen LogP contribution in [0.1, 0.15) is 12.8 Å². The van der Waals surface area contributed by atoms with Gasteiger partial charge < -0.3 is 14.4 Å². The van der Waals surface area contributed by atoms with E-state index in [4.69, 9.17) is 9.47 Å². The summed E-state index contributed by atoms with van der Waals surface area (Å²) < 4.78 is 11.0. The maximum absolute atomic E-state index is 5.51. The standard InChI is InChI=1S/C16H17BrN2O2/c17-4-1-11-3-6-19(9-11)16-13-8-15-14(20-10-21-15)7-12(13)2-5-18-16/h2,5,7-8,11H,1,3-4,6,9-10H2. The zero-order valence-corrected chi connectivity index (χ0v) is 13.3. The summed E-state index contributed by atoms with van der Waals surface area (Å²) in [6, 6.07) is 6.15. The molecular weight excluding hydrogens is 332 g/mol. The maximum Gasteiger partial charge on any atom is 0.231 e. The molecule has 2 aromatic rings. The Kier molecular flexibility index (Phi) is 3.37. The second kappa shape index (κ2) is 5.37. The van der Waals surface area contributed by atoms with Crippen LogP contribution in [0.15, 0.2) is 24.4 Å². The Morgan fingerprint density at radius 1 is 1.29 bits per heavy atom. The molecule has 0 aliphatic carbocycles. The number of anilines is 1. The van der Waals surface area contributed by atoms with Gasteiger partial charge in [-0.1, -0.05) is 15.9 Å². The minimum absolute atomic E-state index is 0.311. The van der Waals surface area contributed by atoms with Crippen LogP contribution in [0.2, 0.25) is 0 Å². The zero-order chi connectivity index (χ0) is 14.2. The minimum Gasteiger partial charge on any atom is -0.454 e. The van der Waals surface area contributed by atoms with Gasteiger partial charge in [0.2, 0.25) is 6.79 Å². The molecule has 0 spiro atoms. The molecule has 2 aliphatic rings. The van der Waals surface area contributed by atoms with E-state index in [1.54, 1.807) is 0 Å². The minimum atomic E-state index is 0.311. The van der Waals surface area contributed by atoms with Crippen molar-refractivity contribution in [3.63, 3.8) is 0 Å². The molecule has 5 heteroatoms. The number of ether oxygens (including phenoxy) is 2. The molecule has 0 saturated carbocycles. The molecule has 4 rings (SSSR count). The maximum atomic E-state index is 5.51. The molecule has 0 amide bonds. The largest absolute Gasteiger partial charge is 0.454 e. The second-order valence-electron chi connectivity index (χ2n) is 5.64. The molecule has 1 atom stereocenters. The molecule has 21 heavy (non-hydrogen) atoms. The third-order valence-corrected chi connectivity index (χ3v) is 4.80. The first-order chi connectivity index (χ1) is 10.3. The van der Waals surface area contributed by atoms with Gasteiger partial charge in [0, 0.05) is 30.0 Å². The fourth-order valence-electron chi connectivity index (χ4n) is 3.21. The molecule has 0 N–H and O–H groups in total. The summed E-state index contributed by atoms with van der Waals surface area (Å²) in [5.74, 6) is 3.49. The predicted octanol–water partition coefficient (Wildman–Crippen LogP) is 3.57. The fraction of sp³-hybridized carbons (Fsp3) is 0.438. The van der Waals surface area contributed by atoms with Crippen LogP contribution in [0.3, 0.4) is 0 Å². The molecule has 0 bridgehead atoms. The molecule has 1 fully saturated rings. The highest BCUT2D eigenvalue weighted by Gasteiger charge is 2.25. The van der Waals surface area contributed by atoms with E-state index >= 15 is 0 Å². The van der Waals surface area contributed by atoms with Gasteiger partial charge in [-0.3, -0.25) is 0 Å². The number of hydrogen-bond acceptors (Lipinski definition) is 4. The van der Waals surface area contributed by atoms with Crippen LogP contribution in [-0.2, 0) is 0 Å². The van der Waals surface area contributed by atoms with Crippen LogP contribution in [0.25, 0.3) is 10.8 Å². The van der Waals surface area contributed by atoms with Crippen molar-refractivity contribution in [1.82, 2.24) is 4.98 Å². The number of pyridine rings is 1. The highest BCUT2D eigenvalue weighted by Crippen LogP contribution is 2.39. The van der Waals surface area contributed by atoms with Crippen LogP contribution in [-0.4, -0.2) is 30.2 Å². The Morgan fingerprint density at radius 3 is 3.00 bits per heavy atom. The lowest BCUT2D eigenvalue weighted by atomic mass is 10.1. The Hall–Kier alpha value is -1.49. The Labute approximate surface area is 132 Å². The normalized spacial score (nSPS) is 20.4. The van der Waals surface area contributed by atoms with Crippen molar-refractivity contribution >= 4 is 32.5 Å². The molecule has 0 radical (unpaired) electrons. The number of rotatable bonds is 3. The van der Waals surface area contributed by atoms with Crippen molar-refractivity contribution in [2.24, 2.45) is 5.92 Å². The summed E-state index contributed by atoms with van der Waals surface area (Å²) in [5.41, 5.74) is 0. The number of hydrogen-bond donors (Lipinski definition) is 0. The van der Waals surface area contributed by atoms with Crippen LogP contribution in [0.5, 0.6) is 11.5 Å². The summed E-state index contributed by atoms with van der Waals surface area (Å²) in [6.07, 6.45) is 4.36. The van der Waals surface area contributed by atoms with E-state index in [0.717, 1.165) is 52.4 Å². The first-order valence-electron chi connectivity index (χ1n) is 7.34. The van der Waals surface area contributed by atoms with Gasteiger partial charge >= 0.3 is 0 Å². The molecule has 1 aromatic heterocycles. The van der Waals surface area contributed by atoms with E-state index in [0.29, 0.717) is 6.79 Å². The Morgan fingerprint density at radius 2 is 2.14 bits per heavy atom. The molecular formula is C16H17BrN2O2. The molecule has 4 nitrogen and oxygen atoms in total. The topological polar surface area (TPSA) is 34.6 Å². The van der Waals surface area contributed by atoms with Crippen LogP contribution >= 0.6 is 15.9 Å². The highest BCUT2D eigenvalue weighted by molar-refractivity contribution is 9.09. The number of fused-ring (bicyclic) bond motifs is 2. The number of halogens is 1. The number of aromatic nitrogens is 1. The quantitative estimate of drug-likeness (QED) is 0.794. The lowest BCUT2D eigenvalue weighted by Crippen LogP contribution is -2.21. The van der Waals surface area contributed by atoms with Gasteiger partial charge in [-0.25, -0.2) is 4.98 Å².